The van der Waals surface area contributed by atoms with Crippen LogP contribution in [-0.2, 0) is 11.2 Å². The SMILES string of the molecule is CC1CC(C)CN(C(C)C(=O)NCCc2c[nH]c3ccccc23)C1. The van der Waals surface area contributed by atoms with E-state index in [1.54, 1.807) is 0 Å². The summed E-state index contributed by atoms with van der Waals surface area (Å²) in [7, 11) is 0. The van der Waals surface area contributed by atoms with Crippen molar-refractivity contribution in [2.75, 3.05) is 19.6 Å². The fourth-order valence-corrected chi connectivity index (χ4v) is 4.00. The number of H-pyrrole nitrogens is 1. The first-order chi connectivity index (χ1) is 11.5. The molecule has 130 valence electrons. The fourth-order valence-electron chi connectivity index (χ4n) is 4.00. The molecular formula is C20H29N3O. The average molecular weight is 327 g/mol. The van der Waals surface area contributed by atoms with Gasteiger partial charge in [0, 0.05) is 36.7 Å². The van der Waals surface area contributed by atoms with Gasteiger partial charge in [0.25, 0.3) is 0 Å². The van der Waals surface area contributed by atoms with Crippen LogP contribution in [0.25, 0.3) is 10.9 Å². The molecule has 0 saturated carbocycles. The Bertz CT molecular complexity index is 683. The van der Waals surface area contributed by atoms with Crippen LogP contribution in [0.5, 0.6) is 0 Å². The van der Waals surface area contributed by atoms with Crippen LogP contribution in [0.4, 0.5) is 0 Å². The number of carbonyl (C=O) groups is 1. The molecule has 2 aromatic rings. The standard InChI is InChI=1S/C20H29N3O/c1-14-10-15(2)13-23(12-14)16(3)20(24)21-9-8-17-11-22-19-7-5-4-6-18(17)19/h4-7,11,14-16,22H,8-10,12-13H2,1-3H3,(H,21,24). The molecule has 4 nitrogen and oxygen atoms in total. The van der Waals surface area contributed by atoms with Gasteiger partial charge in [0.2, 0.25) is 5.91 Å². The van der Waals surface area contributed by atoms with Crippen molar-refractivity contribution < 1.29 is 4.79 Å². The van der Waals surface area contributed by atoms with Crippen LogP contribution in [0, 0.1) is 11.8 Å². The zero-order chi connectivity index (χ0) is 17.1. The smallest absolute Gasteiger partial charge is 0.237 e. The van der Waals surface area contributed by atoms with Crippen molar-refractivity contribution in [2.24, 2.45) is 11.8 Å². The second kappa shape index (κ2) is 7.39. The second-order valence-corrected chi connectivity index (χ2v) is 7.48. The van der Waals surface area contributed by atoms with Crippen molar-refractivity contribution in [3.8, 4) is 0 Å². The van der Waals surface area contributed by atoms with E-state index in [9.17, 15) is 4.79 Å². The number of amides is 1. The Morgan fingerprint density at radius 3 is 2.75 bits per heavy atom. The Hall–Kier alpha value is -1.81. The average Bonchev–Trinajstić information content (AvgIpc) is 2.96. The number of carbonyl (C=O) groups excluding carboxylic acids is 1. The molecule has 1 aromatic carbocycles. The maximum Gasteiger partial charge on any atom is 0.237 e. The number of rotatable bonds is 5. The van der Waals surface area contributed by atoms with Gasteiger partial charge in [-0.25, -0.2) is 0 Å². The summed E-state index contributed by atoms with van der Waals surface area (Å²) in [6.07, 6.45) is 4.18. The number of hydrogen-bond acceptors (Lipinski definition) is 2. The quantitative estimate of drug-likeness (QED) is 0.886. The summed E-state index contributed by atoms with van der Waals surface area (Å²) in [6.45, 7) is 9.34. The highest BCUT2D eigenvalue weighted by molar-refractivity contribution is 5.83. The van der Waals surface area contributed by atoms with Crippen LogP contribution in [0.15, 0.2) is 30.5 Å². The maximum absolute atomic E-state index is 12.5. The Balaban J connectivity index is 1.52. The molecule has 3 atom stereocenters. The summed E-state index contributed by atoms with van der Waals surface area (Å²) in [6, 6.07) is 8.25. The summed E-state index contributed by atoms with van der Waals surface area (Å²) >= 11 is 0. The summed E-state index contributed by atoms with van der Waals surface area (Å²) < 4.78 is 0. The van der Waals surface area contributed by atoms with Crippen LogP contribution in [-0.4, -0.2) is 41.5 Å². The van der Waals surface area contributed by atoms with Gasteiger partial charge in [0.1, 0.15) is 0 Å². The first-order valence-corrected chi connectivity index (χ1v) is 9.11. The molecule has 1 saturated heterocycles. The van der Waals surface area contributed by atoms with E-state index in [0.29, 0.717) is 18.4 Å². The van der Waals surface area contributed by atoms with E-state index in [1.165, 1.54) is 17.4 Å². The molecule has 1 fully saturated rings. The van der Waals surface area contributed by atoms with Crippen LogP contribution in [0.3, 0.4) is 0 Å². The number of para-hydroxylation sites is 1. The minimum absolute atomic E-state index is 0.0434. The highest BCUT2D eigenvalue weighted by Crippen LogP contribution is 2.22. The summed E-state index contributed by atoms with van der Waals surface area (Å²) in [5.41, 5.74) is 2.42. The van der Waals surface area contributed by atoms with E-state index in [-0.39, 0.29) is 11.9 Å². The van der Waals surface area contributed by atoms with Gasteiger partial charge in [0.05, 0.1) is 6.04 Å². The van der Waals surface area contributed by atoms with Crippen LogP contribution >= 0.6 is 0 Å². The first-order valence-electron chi connectivity index (χ1n) is 9.11. The predicted octanol–water partition coefficient (Wildman–Crippen LogP) is 3.19. The summed E-state index contributed by atoms with van der Waals surface area (Å²) in [4.78, 5) is 18.1. The van der Waals surface area contributed by atoms with E-state index < -0.39 is 0 Å². The minimum Gasteiger partial charge on any atom is -0.361 e. The molecule has 0 aliphatic carbocycles. The highest BCUT2D eigenvalue weighted by Gasteiger charge is 2.28. The number of piperidine rings is 1. The molecule has 1 aliphatic rings. The molecule has 4 heteroatoms. The maximum atomic E-state index is 12.5. The van der Waals surface area contributed by atoms with Gasteiger partial charge in [-0.05, 0) is 43.2 Å². The normalized spacial score (nSPS) is 23.3. The number of hydrogen-bond donors (Lipinski definition) is 2. The van der Waals surface area contributed by atoms with Gasteiger partial charge in [-0.2, -0.15) is 0 Å². The van der Waals surface area contributed by atoms with E-state index in [2.05, 4.69) is 47.2 Å². The van der Waals surface area contributed by atoms with Gasteiger partial charge < -0.3 is 10.3 Å². The zero-order valence-corrected chi connectivity index (χ0v) is 15.0. The van der Waals surface area contributed by atoms with Crippen molar-refractivity contribution in [1.82, 2.24) is 15.2 Å². The molecule has 0 spiro atoms. The number of aromatic amines is 1. The van der Waals surface area contributed by atoms with Gasteiger partial charge in [0.15, 0.2) is 0 Å². The van der Waals surface area contributed by atoms with Crippen molar-refractivity contribution in [1.29, 1.82) is 0 Å². The Labute approximate surface area is 144 Å². The third-order valence-corrected chi connectivity index (χ3v) is 5.19. The summed E-state index contributed by atoms with van der Waals surface area (Å²) in [5.74, 6) is 1.50. The van der Waals surface area contributed by atoms with Crippen LogP contribution in [0.2, 0.25) is 0 Å². The number of nitrogens with one attached hydrogen (secondary N) is 2. The Kier molecular flexibility index (Phi) is 5.24. The van der Waals surface area contributed by atoms with Gasteiger partial charge in [-0.1, -0.05) is 32.0 Å². The van der Waals surface area contributed by atoms with Gasteiger partial charge in [-0.15, -0.1) is 0 Å². The van der Waals surface area contributed by atoms with E-state index in [1.807, 2.05) is 19.2 Å². The first kappa shape index (κ1) is 17.0. The Morgan fingerprint density at radius 1 is 1.29 bits per heavy atom. The molecule has 1 aliphatic heterocycles. The largest absolute Gasteiger partial charge is 0.361 e. The number of aromatic nitrogens is 1. The number of fused-ring (bicyclic) bond motifs is 1. The molecule has 0 radical (unpaired) electrons. The number of likely N-dealkylation sites (tertiary alicyclic amines) is 1. The van der Waals surface area contributed by atoms with Gasteiger partial charge >= 0.3 is 0 Å². The van der Waals surface area contributed by atoms with E-state index in [4.69, 9.17) is 0 Å². The van der Waals surface area contributed by atoms with Crippen molar-refractivity contribution in [2.45, 2.75) is 39.7 Å². The molecule has 2 heterocycles. The monoisotopic (exact) mass is 327 g/mol. The fraction of sp³-hybridized carbons (Fsp3) is 0.550. The lowest BCUT2D eigenvalue weighted by Gasteiger charge is -2.38. The molecule has 0 bridgehead atoms. The van der Waals surface area contributed by atoms with E-state index >= 15 is 0 Å². The number of benzene rings is 1. The third-order valence-electron chi connectivity index (χ3n) is 5.19. The Morgan fingerprint density at radius 2 is 2.00 bits per heavy atom. The molecule has 1 aromatic heterocycles. The predicted molar refractivity (Wildman–Crippen MR) is 99.0 cm³/mol. The molecule has 3 rings (SSSR count). The highest BCUT2D eigenvalue weighted by atomic mass is 16.2. The zero-order valence-electron chi connectivity index (χ0n) is 15.0. The second-order valence-electron chi connectivity index (χ2n) is 7.48. The molecular weight excluding hydrogens is 298 g/mol. The van der Waals surface area contributed by atoms with Crippen molar-refractivity contribution in [3.05, 3.63) is 36.0 Å². The molecule has 2 N–H and O–H groups in total. The topological polar surface area (TPSA) is 48.1 Å². The van der Waals surface area contributed by atoms with Crippen LogP contribution < -0.4 is 5.32 Å². The minimum atomic E-state index is -0.0434. The lowest BCUT2D eigenvalue weighted by molar-refractivity contribution is -0.126. The molecule has 1 amide bonds. The lowest BCUT2D eigenvalue weighted by atomic mass is 9.91. The van der Waals surface area contributed by atoms with Crippen molar-refractivity contribution >= 4 is 16.8 Å². The van der Waals surface area contributed by atoms with Gasteiger partial charge in [-0.3, -0.25) is 9.69 Å². The van der Waals surface area contributed by atoms with Crippen molar-refractivity contribution in [3.63, 3.8) is 0 Å². The molecule has 24 heavy (non-hydrogen) atoms. The third kappa shape index (κ3) is 3.81. The van der Waals surface area contributed by atoms with Crippen LogP contribution in [0.1, 0.15) is 32.8 Å². The molecule has 3 unspecified atom stereocenters. The number of nitrogens with zero attached hydrogens (tertiary/aromatic N) is 1. The lowest BCUT2D eigenvalue weighted by Crippen LogP contribution is -2.50. The van der Waals surface area contributed by atoms with E-state index in [0.717, 1.165) is 25.0 Å². The summed E-state index contributed by atoms with van der Waals surface area (Å²) in [5, 5.41) is 4.37.